The van der Waals surface area contributed by atoms with E-state index in [4.69, 9.17) is 14.6 Å². The Balaban J connectivity index is 1.84. The Bertz CT molecular complexity index is 476. The molecule has 0 aromatic carbocycles. The first-order chi connectivity index (χ1) is 11.2. The van der Waals surface area contributed by atoms with E-state index in [-0.39, 0.29) is 30.5 Å². The molecular formula is C17H28O7. The lowest BCUT2D eigenvalue weighted by Crippen LogP contribution is -2.50. The molecule has 0 bridgehead atoms. The van der Waals surface area contributed by atoms with E-state index in [1.165, 1.54) is 0 Å². The van der Waals surface area contributed by atoms with Gasteiger partial charge in [-0.05, 0) is 26.7 Å². The van der Waals surface area contributed by atoms with Crippen molar-refractivity contribution in [3.05, 3.63) is 11.6 Å². The number of carboxylic acids is 1. The summed E-state index contributed by atoms with van der Waals surface area (Å²) in [7, 11) is 0. The van der Waals surface area contributed by atoms with E-state index in [9.17, 15) is 20.1 Å². The standard InChI is InChI=1S/C17H28O7/c1-8(5-14(19)20)4-12-16(22)15(21)11(7-23-12)6-13-17(24-13)9(2)10(3)18/h5,9-13,15-18,21-22H,4,6-7H2,1-3H3,(H,19,20)/b8-5+/t9-,10-,11-,12-,13?,15+,16-,17?/m0/s1. The van der Waals surface area contributed by atoms with Crippen LogP contribution >= 0.6 is 0 Å². The molecule has 2 unspecified atom stereocenters. The van der Waals surface area contributed by atoms with E-state index in [1.54, 1.807) is 13.8 Å². The third kappa shape index (κ3) is 4.77. The van der Waals surface area contributed by atoms with Crippen LogP contribution < -0.4 is 0 Å². The molecule has 138 valence electrons. The van der Waals surface area contributed by atoms with Gasteiger partial charge in [0.2, 0.25) is 0 Å². The summed E-state index contributed by atoms with van der Waals surface area (Å²) in [5.74, 6) is -1.25. The summed E-state index contributed by atoms with van der Waals surface area (Å²) in [6, 6.07) is 0. The number of aliphatic hydroxyl groups is 3. The van der Waals surface area contributed by atoms with E-state index in [0.717, 1.165) is 6.08 Å². The van der Waals surface area contributed by atoms with Gasteiger partial charge in [0, 0.05) is 17.9 Å². The first kappa shape index (κ1) is 19.3. The fourth-order valence-electron chi connectivity index (χ4n) is 3.30. The van der Waals surface area contributed by atoms with Gasteiger partial charge in [-0.1, -0.05) is 12.5 Å². The van der Waals surface area contributed by atoms with Gasteiger partial charge < -0.3 is 29.9 Å². The molecular weight excluding hydrogens is 316 g/mol. The van der Waals surface area contributed by atoms with Crippen LogP contribution in [0.3, 0.4) is 0 Å². The number of ether oxygens (including phenoxy) is 2. The van der Waals surface area contributed by atoms with Crippen molar-refractivity contribution in [2.24, 2.45) is 11.8 Å². The minimum absolute atomic E-state index is 0.0205. The normalized spacial score (nSPS) is 39.3. The molecule has 2 fully saturated rings. The Labute approximate surface area is 141 Å². The van der Waals surface area contributed by atoms with Crippen molar-refractivity contribution in [3.8, 4) is 0 Å². The second kappa shape index (κ2) is 7.93. The Kier molecular flexibility index (Phi) is 6.39. The first-order valence-electron chi connectivity index (χ1n) is 8.42. The van der Waals surface area contributed by atoms with Crippen molar-refractivity contribution >= 4 is 5.97 Å². The second-order valence-electron chi connectivity index (χ2n) is 7.12. The van der Waals surface area contributed by atoms with Gasteiger partial charge in [-0.15, -0.1) is 0 Å². The fourth-order valence-corrected chi connectivity index (χ4v) is 3.30. The van der Waals surface area contributed by atoms with Crippen LogP contribution in [0, 0.1) is 11.8 Å². The van der Waals surface area contributed by atoms with Crippen LogP contribution in [0.15, 0.2) is 11.6 Å². The average Bonchev–Trinajstić information content (AvgIpc) is 3.24. The molecule has 0 saturated carbocycles. The van der Waals surface area contributed by atoms with Crippen LogP contribution in [-0.4, -0.2) is 69.6 Å². The van der Waals surface area contributed by atoms with Gasteiger partial charge in [-0.3, -0.25) is 0 Å². The molecule has 2 saturated heterocycles. The molecule has 8 atom stereocenters. The molecule has 4 N–H and O–H groups in total. The summed E-state index contributed by atoms with van der Waals surface area (Å²) >= 11 is 0. The number of epoxide rings is 1. The third-order valence-corrected chi connectivity index (χ3v) is 5.07. The van der Waals surface area contributed by atoms with Gasteiger partial charge in [0.05, 0.1) is 37.1 Å². The van der Waals surface area contributed by atoms with Crippen molar-refractivity contribution < 1.29 is 34.7 Å². The maximum absolute atomic E-state index is 10.7. The maximum atomic E-state index is 10.7. The molecule has 0 amide bonds. The zero-order valence-electron chi connectivity index (χ0n) is 14.3. The Morgan fingerprint density at radius 3 is 2.50 bits per heavy atom. The molecule has 0 aliphatic carbocycles. The molecule has 2 aliphatic heterocycles. The summed E-state index contributed by atoms with van der Waals surface area (Å²) in [6.07, 6.45) is -1.21. The highest BCUT2D eigenvalue weighted by molar-refractivity contribution is 5.80. The van der Waals surface area contributed by atoms with Crippen molar-refractivity contribution in [3.63, 3.8) is 0 Å². The number of rotatable bonds is 7. The van der Waals surface area contributed by atoms with E-state index >= 15 is 0 Å². The molecule has 7 nitrogen and oxygen atoms in total. The third-order valence-electron chi connectivity index (χ3n) is 5.07. The van der Waals surface area contributed by atoms with Gasteiger partial charge in [0.15, 0.2) is 0 Å². The van der Waals surface area contributed by atoms with Gasteiger partial charge in [0.25, 0.3) is 0 Å². The minimum atomic E-state index is -1.06. The number of hydrogen-bond donors (Lipinski definition) is 4. The van der Waals surface area contributed by atoms with E-state index in [1.807, 2.05) is 6.92 Å². The monoisotopic (exact) mass is 344 g/mol. The summed E-state index contributed by atoms with van der Waals surface area (Å²) in [5.41, 5.74) is 0.577. The van der Waals surface area contributed by atoms with Gasteiger partial charge >= 0.3 is 5.97 Å². The van der Waals surface area contributed by atoms with Crippen LogP contribution in [0.2, 0.25) is 0 Å². The molecule has 0 spiro atoms. The second-order valence-corrected chi connectivity index (χ2v) is 7.12. The lowest BCUT2D eigenvalue weighted by molar-refractivity contribution is -0.165. The molecule has 24 heavy (non-hydrogen) atoms. The topological polar surface area (TPSA) is 120 Å². The Hall–Kier alpha value is -0.990. The van der Waals surface area contributed by atoms with Crippen LogP contribution in [-0.2, 0) is 14.3 Å². The predicted octanol–water partition coefficient (Wildman–Crippen LogP) is 0.319. The highest BCUT2D eigenvalue weighted by atomic mass is 16.6. The number of carboxylic acid groups (broad SMARTS) is 1. The molecule has 2 aliphatic rings. The lowest BCUT2D eigenvalue weighted by atomic mass is 9.85. The van der Waals surface area contributed by atoms with Crippen molar-refractivity contribution in [2.45, 2.75) is 70.2 Å². The van der Waals surface area contributed by atoms with Crippen molar-refractivity contribution in [2.75, 3.05) is 6.61 Å². The van der Waals surface area contributed by atoms with Gasteiger partial charge in [-0.25, -0.2) is 4.79 Å². The summed E-state index contributed by atoms with van der Waals surface area (Å²) in [4.78, 5) is 10.7. The van der Waals surface area contributed by atoms with E-state index in [0.29, 0.717) is 18.6 Å². The zero-order chi connectivity index (χ0) is 18.0. The average molecular weight is 344 g/mol. The predicted molar refractivity (Wildman–Crippen MR) is 85.4 cm³/mol. The van der Waals surface area contributed by atoms with Gasteiger partial charge in [0.1, 0.15) is 6.10 Å². The Morgan fingerprint density at radius 2 is 1.92 bits per heavy atom. The highest BCUT2D eigenvalue weighted by Gasteiger charge is 2.48. The quantitative estimate of drug-likeness (QED) is 0.388. The van der Waals surface area contributed by atoms with Crippen LogP contribution in [0.1, 0.15) is 33.6 Å². The minimum Gasteiger partial charge on any atom is -0.478 e. The molecule has 0 aromatic rings. The fraction of sp³-hybridized carbons (Fsp3) is 0.824. The van der Waals surface area contributed by atoms with E-state index in [2.05, 4.69) is 0 Å². The summed E-state index contributed by atoms with van der Waals surface area (Å²) in [6.45, 7) is 5.59. The highest BCUT2D eigenvalue weighted by Crippen LogP contribution is 2.38. The summed E-state index contributed by atoms with van der Waals surface area (Å²) in [5, 5.41) is 38.9. The van der Waals surface area contributed by atoms with E-state index < -0.39 is 30.4 Å². The lowest BCUT2D eigenvalue weighted by Gasteiger charge is -2.37. The van der Waals surface area contributed by atoms with Crippen molar-refractivity contribution in [1.29, 1.82) is 0 Å². The van der Waals surface area contributed by atoms with Crippen LogP contribution in [0.4, 0.5) is 0 Å². The van der Waals surface area contributed by atoms with Gasteiger partial charge in [-0.2, -0.15) is 0 Å². The number of aliphatic carboxylic acids is 1. The van der Waals surface area contributed by atoms with Crippen molar-refractivity contribution in [1.82, 2.24) is 0 Å². The largest absolute Gasteiger partial charge is 0.478 e. The van der Waals surface area contributed by atoms with Crippen LogP contribution in [0.25, 0.3) is 0 Å². The molecule has 2 heterocycles. The SMILES string of the molecule is C/C(=C\C(=O)O)C[C@@H]1OC[C@H](CC2OC2[C@@H](C)[C@H](C)O)[C@@H](O)[C@H]1O. The Morgan fingerprint density at radius 1 is 1.25 bits per heavy atom. The van der Waals surface area contributed by atoms with Crippen LogP contribution in [0.5, 0.6) is 0 Å². The smallest absolute Gasteiger partial charge is 0.328 e. The number of carbonyl (C=O) groups is 1. The molecule has 0 radical (unpaired) electrons. The number of hydrogen-bond acceptors (Lipinski definition) is 6. The molecule has 2 rings (SSSR count). The molecule has 0 aromatic heterocycles. The zero-order valence-corrected chi connectivity index (χ0v) is 14.3. The first-order valence-corrected chi connectivity index (χ1v) is 8.42. The molecule has 7 heteroatoms. The number of aliphatic hydroxyl groups excluding tert-OH is 3. The summed E-state index contributed by atoms with van der Waals surface area (Å²) < 4.78 is 11.2. The maximum Gasteiger partial charge on any atom is 0.328 e.